The van der Waals surface area contributed by atoms with Crippen LogP contribution in [0.15, 0.2) is 11.6 Å². The maximum Gasteiger partial charge on any atom is 0.331 e. The minimum absolute atomic E-state index is 0.0972. The van der Waals surface area contributed by atoms with E-state index in [0.717, 1.165) is 25.7 Å². The number of carboxylic acids is 1. The van der Waals surface area contributed by atoms with Crippen LogP contribution in [0.3, 0.4) is 0 Å². The number of hydrogen-bond donors (Lipinski definition) is 3. The third-order valence-corrected chi connectivity index (χ3v) is 1.69. The van der Waals surface area contributed by atoms with Crippen LogP contribution in [0.25, 0.3) is 0 Å². The molecular formula is C9H17NO3. The number of hydrogen-bond acceptors (Lipinski definition) is 3. The van der Waals surface area contributed by atoms with Crippen molar-refractivity contribution in [1.82, 2.24) is 0 Å². The van der Waals surface area contributed by atoms with Crippen LogP contribution in [0.2, 0.25) is 0 Å². The molecular weight excluding hydrogens is 170 g/mol. The van der Waals surface area contributed by atoms with Gasteiger partial charge in [-0.2, -0.15) is 0 Å². The Morgan fingerprint density at radius 3 is 2.38 bits per heavy atom. The van der Waals surface area contributed by atoms with E-state index in [1.807, 2.05) is 6.08 Å². The number of nitrogens with two attached hydrogens (primary N) is 1. The van der Waals surface area contributed by atoms with Crippen LogP contribution in [-0.2, 0) is 4.79 Å². The summed E-state index contributed by atoms with van der Waals surface area (Å²) < 4.78 is 0. The second-order valence-electron chi connectivity index (χ2n) is 2.79. The summed E-state index contributed by atoms with van der Waals surface area (Å²) in [7, 11) is 0. The topological polar surface area (TPSA) is 83.5 Å². The summed E-state index contributed by atoms with van der Waals surface area (Å²) in [6, 6.07) is 0. The smallest absolute Gasteiger partial charge is 0.331 e. The SMILES string of the molecule is NCCO.O=C(O)C1=CCCCC1. The summed E-state index contributed by atoms with van der Waals surface area (Å²) in [6.45, 7) is 0.472. The average molecular weight is 187 g/mol. The van der Waals surface area contributed by atoms with Gasteiger partial charge < -0.3 is 15.9 Å². The molecule has 0 atom stereocenters. The highest BCUT2D eigenvalue weighted by atomic mass is 16.4. The summed E-state index contributed by atoms with van der Waals surface area (Å²) in [4.78, 5) is 10.3. The van der Waals surface area contributed by atoms with E-state index in [0.29, 0.717) is 12.1 Å². The number of carbonyl (C=O) groups is 1. The minimum Gasteiger partial charge on any atom is -0.478 e. The molecule has 0 amide bonds. The van der Waals surface area contributed by atoms with Gasteiger partial charge in [-0.25, -0.2) is 4.79 Å². The minimum atomic E-state index is -0.741. The first kappa shape index (κ1) is 12.1. The second kappa shape index (κ2) is 7.76. The van der Waals surface area contributed by atoms with Crippen molar-refractivity contribution in [3.63, 3.8) is 0 Å². The van der Waals surface area contributed by atoms with Crippen molar-refractivity contribution >= 4 is 5.97 Å². The van der Waals surface area contributed by atoms with E-state index in [1.54, 1.807) is 0 Å². The van der Waals surface area contributed by atoms with Crippen LogP contribution in [0.5, 0.6) is 0 Å². The lowest BCUT2D eigenvalue weighted by atomic mass is 10.0. The van der Waals surface area contributed by atoms with Crippen LogP contribution in [0.1, 0.15) is 25.7 Å². The van der Waals surface area contributed by atoms with Gasteiger partial charge in [-0.3, -0.25) is 0 Å². The van der Waals surface area contributed by atoms with Crippen molar-refractivity contribution in [2.75, 3.05) is 13.2 Å². The number of aliphatic hydroxyl groups is 1. The Bertz CT molecular complexity index is 176. The van der Waals surface area contributed by atoms with E-state index in [4.69, 9.17) is 15.9 Å². The Labute approximate surface area is 78.1 Å². The maximum atomic E-state index is 10.3. The third-order valence-electron chi connectivity index (χ3n) is 1.69. The zero-order valence-electron chi connectivity index (χ0n) is 7.70. The fraction of sp³-hybridized carbons (Fsp3) is 0.667. The molecule has 1 aliphatic rings. The van der Waals surface area contributed by atoms with Gasteiger partial charge in [0.25, 0.3) is 0 Å². The maximum absolute atomic E-state index is 10.3. The Morgan fingerprint density at radius 1 is 1.54 bits per heavy atom. The lowest BCUT2D eigenvalue weighted by molar-refractivity contribution is -0.132. The highest BCUT2D eigenvalue weighted by molar-refractivity contribution is 5.86. The standard InChI is InChI=1S/C7H10O2.C2H7NO/c8-7(9)6-4-2-1-3-5-6;3-1-2-4/h4H,1-3,5H2,(H,8,9);4H,1-3H2. The summed E-state index contributed by atoms with van der Waals surface area (Å²) in [5.74, 6) is -0.741. The zero-order valence-corrected chi connectivity index (χ0v) is 7.70. The summed E-state index contributed by atoms with van der Waals surface area (Å²) >= 11 is 0. The normalized spacial score (nSPS) is 15.4. The number of rotatable bonds is 2. The second-order valence-corrected chi connectivity index (χ2v) is 2.79. The number of allylic oxidation sites excluding steroid dienone is 1. The van der Waals surface area contributed by atoms with Crippen LogP contribution in [0.4, 0.5) is 0 Å². The molecule has 0 spiro atoms. The van der Waals surface area contributed by atoms with Crippen LogP contribution >= 0.6 is 0 Å². The first-order valence-electron chi connectivity index (χ1n) is 4.45. The number of aliphatic carboxylic acids is 1. The molecule has 0 radical (unpaired) electrons. The Hall–Kier alpha value is -0.870. The van der Waals surface area contributed by atoms with E-state index in [9.17, 15) is 4.79 Å². The van der Waals surface area contributed by atoms with Gasteiger partial charge in [0.05, 0.1) is 6.61 Å². The van der Waals surface area contributed by atoms with E-state index in [1.165, 1.54) is 0 Å². The van der Waals surface area contributed by atoms with Crippen molar-refractivity contribution in [2.45, 2.75) is 25.7 Å². The molecule has 0 saturated heterocycles. The Morgan fingerprint density at radius 2 is 2.15 bits per heavy atom. The van der Waals surface area contributed by atoms with Gasteiger partial charge in [0.15, 0.2) is 0 Å². The highest BCUT2D eigenvalue weighted by Gasteiger charge is 2.08. The molecule has 0 saturated carbocycles. The summed E-state index contributed by atoms with van der Waals surface area (Å²) in [5, 5.41) is 16.2. The molecule has 0 bridgehead atoms. The molecule has 0 aromatic heterocycles. The van der Waals surface area contributed by atoms with Gasteiger partial charge in [0, 0.05) is 12.1 Å². The van der Waals surface area contributed by atoms with E-state index in [2.05, 4.69) is 0 Å². The molecule has 0 aliphatic heterocycles. The van der Waals surface area contributed by atoms with Crippen molar-refractivity contribution in [2.24, 2.45) is 5.73 Å². The average Bonchev–Trinajstić information content (AvgIpc) is 2.19. The fourth-order valence-electron chi connectivity index (χ4n) is 1.03. The Balaban J connectivity index is 0.000000310. The van der Waals surface area contributed by atoms with Crippen LogP contribution in [-0.4, -0.2) is 29.3 Å². The van der Waals surface area contributed by atoms with Crippen LogP contribution in [0, 0.1) is 0 Å². The van der Waals surface area contributed by atoms with E-state index >= 15 is 0 Å². The summed E-state index contributed by atoms with van der Waals surface area (Å²) in [6.07, 6.45) is 5.72. The molecule has 0 fully saturated rings. The largest absolute Gasteiger partial charge is 0.478 e. The molecule has 0 heterocycles. The number of carboxylic acid groups (broad SMARTS) is 1. The Kier molecular flexibility index (Phi) is 7.24. The molecule has 1 rings (SSSR count). The zero-order chi connectivity index (χ0) is 10.1. The van der Waals surface area contributed by atoms with Crippen molar-refractivity contribution < 1.29 is 15.0 Å². The van der Waals surface area contributed by atoms with Gasteiger partial charge in [0.2, 0.25) is 0 Å². The predicted octanol–water partition coefficient (Wildman–Crippen LogP) is 0.509. The van der Waals surface area contributed by atoms with Gasteiger partial charge in [-0.05, 0) is 25.7 Å². The van der Waals surface area contributed by atoms with Crippen molar-refractivity contribution in [1.29, 1.82) is 0 Å². The quantitative estimate of drug-likeness (QED) is 0.588. The molecule has 0 aromatic rings. The fourth-order valence-corrected chi connectivity index (χ4v) is 1.03. The van der Waals surface area contributed by atoms with Crippen LogP contribution < -0.4 is 5.73 Å². The molecule has 13 heavy (non-hydrogen) atoms. The van der Waals surface area contributed by atoms with Gasteiger partial charge >= 0.3 is 5.97 Å². The van der Waals surface area contributed by atoms with E-state index < -0.39 is 5.97 Å². The highest BCUT2D eigenvalue weighted by Crippen LogP contribution is 2.16. The van der Waals surface area contributed by atoms with Gasteiger partial charge in [-0.15, -0.1) is 0 Å². The molecule has 0 unspecified atom stereocenters. The molecule has 4 nitrogen and oxygen atoms in total. The molecule has 0 aromatic carbocycles. The monoisotopic (exact) mass is 187 g/mol. The summed E-state index contributed by atoms with van der Waals surface area (Å²) in [5.41, 5.74) is 5.38. The predicted molar refractivity (Wildman–Crippen MR) is 50.3 cm³/mol. The molecule has 1 aliphatic carbocycles. The van der Waals surface area contributed by atoms with Crippen molar-refractivity contribution in [3.05, 3.63) is 11.6 Å². The van der Waals surface area contributed by atoms with E-state index in [-0.39, 0.29) is 6.61 Å². The van der Waals surface area contributed by atoms with Gasteiger partial charge in [0.1, 0.15) is 0 Å². The number of aliphatic hydroxyl groups excluding tert-OH is 1. The molecule has 4 heteroatoms. The lowest BCUT2D eigenvalue weighted by Gasteiger charge is -2.06. The van der Waals surface area contributed by atoms with Gasteiger partial charge in [-0.1, -0.05) is 6.08 Å². The third kappa shape index (κ3) is 6.31. The molecule has 76 valence electrons. The first-order chi connectivity index (χ1) is 6.22. The van der Waals surface area contributed by atoms with Crippen molar-refractivity contribution in [3.8, 4) is 0 Å². The lowest BCUT2D eigenvalue weighted by Crippen LogP contribution is -2.03. The first-order valence-corrected chi connectivity index (χ1v) is 4.45. The molecule has 4 N–H and O–H groups in total.